The SMILES string of the molecule is [2H]c1c([2H])c2c(c([2H])c1B1OC(C)(C)C(C)(C)O1)C(C([2H])([2H])[2H])(C([2H])([2H])[2H])c1c([2H])c([2H])c([2H])c3c4sc5c([2H])c([2H])c([2H])c([2H])c5c4n-2c13. The first kappa shape index (κ1) is 10.2. The van der Waals surface area contributed by atoms with Gasteiger partial charge in [-0.2, -0.15) is 0 Å². The highest BCUT2D eigenvalue weighted by molar-refractivity contribution is 7.26. The highest BCUT2D eigenvalue weighted by atomic mass is 32.1. The Morgan fingerprint density at radius 3 is 2.35 bits per heavy atom. The fraction of sp³-hybridized carbons (Fsp3) is 0.310. The Kier molecular flexibility index (Phi) is 1.90. The van der Waals surface area contributed by atoms with Gasteiger partial charge in [-0.05, 0) is 56.4 Å². The number of aromatic nitrogens is 1. The zero-order valence-corrected chi connectivity index (χ0v) is 19.6. The lowest BCUT2D eigenvalue weighted by Gasteiger charge is -2.35. The third-order valence-electron chi connectivity index (χ3n) is 7.11. The van der Waals surface area contributed by atoms with Crippen molar-refractivity contribution in [3.05, 3.63) is 71.6 Å². The van der Waals surface area contributed by atoms with Gasteiger partial charge in [0.25, 0.3) is 0 Å². The Hall–Kier alpha value is -2.60. The predicted molar refractivity (Wildman–Crippen MR) is 144 cm³/mol. The van der Waals surface area contributed by atoms with Gasteiger partial charge in [-0.1, -0.05) is 62.0 Å². The molecule has 1 fully saturated rings. The van der Waals surface area contributed by atoms with Gasteiger partial charge in [0.05, 0.1) is 46.3 Å². The predicted octanol–water partition coefficient (Wildman–Crippen LogP) is 6.94. The second-order valence-corrected chi connectivity index (χ2v) is 10.7. The molecule has 0 atom stereocenters. The van der Waals surface area contributed by atoms with E-state index in [0.717, 1.165) is 15.9 Å². The molecular weight excluding hydrogens is 437 g/mol. The minimum Gasteiger partial charge on any atom is -0.399 e. The topological polar surface area (TPSA) is 23.4 Å². The molecule has 3 nitrogen and oxygen atoms in total. The van der Waals surface area contributed by atoms with Crippen LogP contribution in [0.15, 0.2) is 60.4 Å². The molecule has 2 aliphatic heterocycles. The monoisotopic (exact) mass is 481 g/mol. The molecule has 34 heavy (non-hydrogen) atoms. The van der Waals surface area contributed by atoms with E-state index < -0.39 is 120 Å². The summed E-state index contributed by atoms with van der Waals surface area (Å²) in [7, 11) is -1.52. The van der Waals surface area contributed by atoms with Gasteiger partial charge in [0.2, 0.25) is 0 Å². The Morgan fingerprint density at radius 2 is 1.59 bits per heavy atom. The lowest BCUT2D eigenvalue weighted by molar-refractivity contribution is 0.00578. The summed E-state index contributed by atoms with van der Waals surface area (Å²) in [4.78, 5) is 0. The van der Waals surface area contributed by atoms with E-state index in [0.29, 0.717) is 0 Å². The molecule has 5 heteroatoms. The van der Waals surface area contributed by atoms with Crippen molar-refractivity contribution in [3.63, 3.8) is 0 Å². The maximum atomic E-state index is 9.59. The van der Waals surface area contributed by atoms with Crippen LogP contribution in [0.4, 0.5) is 0 Å². The third kappa shape index (κ3) is 2.45. The van der Waals surface area contributed by atoms with Gasteiger partial charge in [-0.15, -0.1) is 11.3 Å². The van der Waals surface area contributed by atoms with E-state index in [2.05, 4.69) is 0 Å². The number of hydrogen-bond acceptors (Lipinski definition) is 3. The number of thiophene rings is 1. The molecule has 0 N–H and O–H groups in total. The molecular formula is C29H28BNO2S. The molecule has 7 rings (SSSR count). The fourth-order valence-electron chi connectivity index (χ4n) is 4.64. The summed E-state index contributed by atoms with van der Waals surface area (Å²) in [5.74, 6) is 0. The number of fused-ring (bicyclic) bond motifs is 7. The number of hydrogen-bond donors (Lipinski definition) is 0. The van der Waals surface area contributed by atoms with Crippen molar-refractivity contribution in [1.29, 1.82) is 0 Å². The van der Waals surface area contributed by atoms with Crippen LogP contribution in [-0.2, 0) is 14.7 Å². The molecule has 3 aromatic carbocycles. The van der Waals surface area contributed by atoms with Gasteiger partial charge >= 0.3 is 7.12 Å². The molecule has 170 valence electrons. The first-order valence-corrected chi connectivity index (χ1v) is 11.6. The lowest BCUT2D eigenvalue weighted by atomic mass is 9.70. The van der Waals surface area contributed by atoms with Crippen molar-refractivity contribution in [2.45, 2.75) is 58.0 Å². The van der Waals surface area contributed by atoms with Crippen LogP contribution in [0.5, 0.6) is 0 Å². The van der Waals surface area contributed by atoms with Crippen LogP contribution >= 0.6 is 11.3 Å². The molecule has 5 aromatic rings. The molecule has 2 aliphatic rings. The number of benzene rings is 3. The summed E-state index contributed by atoms with van der Waals surface area (Å²) in [5, 5.41) is -0.283. The third-order valence-corrected chi connectivity index (χ3v) is 8.22. The van der Waals surface area contributed by atoms with Crippen LogP contribution < -0.4 is 5.46 Å². The molecule has 0 bridgehead atoms. The summed E-state index contributed by atoms with van der Waals surface area (Å²) in [6.07, 6.45) is 0. The van der Waals surface area contributed by atoms with Crippen LogP contribution in [0.25, 0.3) is 36.9 Å². The molecule has 2 aromatic heterocycles. The lowest BCUT2D eigenvalue weighted by Crippen LogP contribution is -2.41. The number of rotatable bonds is 1. The summed E-state index contributed by atoms with van der Waals surface area (Å²) in [6, 6.07) is -6.61. The Balaban J connectivity index is 1.84. The Bertz CT molecular complexity index is 2360. The molecule has 0 aliphatic carbocycles. The fourth-order valence-corrected chi connectivity index (χ4v) is 5.74. The first-order valence-electron chi connectivity index (χ1n) is 18.7. The van der Waals surface area contributed by atoms with Gasteiger partial charge in [-0.25, -0.2) is 0 Å². The zero-order chi connectivity index (χ0) is 37.3. The van der Waals surface area contributed by atoms with Crippen molar-refractivity contribution in [2.24, 2.45) is 0 Å². The number of para-hydroxylation sites is 1. The second kappa shape index (κ2) is 6.34. The number of nitrogens with zero attached hydrogens (tertiary/aromatic N) is 1. The summed E-state index contributed by atoms with van der Waals surface area (Å²) in [6.45, 7) is -0.406. The van der Waals surface area contributed by atoms with Crippen molar-refractivity contribution < 1.29 is 31.2 Å². The van der Waals surface area contributed by atoms with Crippen LogP contribution in [-0.4, -0.2) is 22.9 Å². The van der Waals surface area contributed by atoms with E-state index in [9.17, 15) is 4.11 Å². The van der Waals surface area contributed by atoms with E-state index in [1.807, 2.05) is 0 Å². The smallest absolute Gasteiger partial charge is 0.399 e. The zero-order valence-electron chi connectivity index (χ0n) is 34.7. The van der Waals surface area contributed by atoms with E-state index in [-0.39, 0.29) is 31.2 Å². The highest BCUT2D eigenvalue weighted by Gasteiger charge is 2.52. The van der Waals surface area contributed by atoms with E-state index in [1.165, 1.54) is 0 Å². The van der Waals surface area contributed by atoms with Crippen LogP contribution in [0, 0.1) is 0 Å². The molecule has 0 saturated carbocycles. The molecule has 0 amide bonds. The van der Waals surface area contributed by atoms with Gasteiger partial charge in [0.1, 0.15) is 0 Å². The molecule has 0 unspecified atom stereocenters. The van der Waals surface area contributed by atoms with Gasteiger partial charge in [0.15, 0.2) is 0 Å². The normalized spacial score (nSPS) is 27.4. The van der Waals surface area contributed by atoms with Crippen molar-refractivity contribution in [2.75, 3.05) is 0 Å². The first-order chi connectivity index (χ1) is 22.8. The van der Waals surface area contributed by atoms with Crippen molar-refractivity contribution in [3.8, 4) is 5.69 Å². The van der Waals surface area contributed by atoms with Crippen LogP contribution in [0.2, 0.25) is 0 Å². The van der Waals surface area contributed by atoms with Gasteiger partial charge in [-0.3, -0.25) is 0 Å². The maximum absolute atomic E-state index is 9.59. The van der Waals surface area contributed by atoms with E-state index >= 15 is 0 Å². The average molecular weight is 482 g/mol. The largest absolute Gasteiger partial charge is 0.494 e. The van der Waals surface area contributed by atoms with Crippen molar-refractivity contribution >= 4 is 55.1 Å². The van der Waals surface area contributed by atoms with E-state index in [1.54, 1.807) is 27.7 Å². The van der Waals surface area contributed by atoms with Gasteiger partial charge in [0, 0.05) is 29.1 Å². The quantitative estimate of drug-likeness (QED) is 0.242. The van der Waals surface area contributed by atoms with Crippen LogP contribution in [0.1, 0.15) is 74.5 Å². The molecule has 1 saturated heterocycles. The highest BCUT2D eigenvalue weighted by Crippen LogP contribution is 2.50. The Morgan fingerprint density at radius 1 is 0.853 bits per heavy atom. The minimum absolute atomic E-state index is 0.0386. The maximum Gasteiger partial charge on any atom is 0.494 e. The molecule has 4 heterocycles. The van der Waals surface area contributed by atoms with Crippen molar-refractivity contribution in [1.82, 2.24) is 4.57 Å². The average Bonchev–Trinajstić information content (AvgIpc) is 3.59. The summed E-state index contributed by atoms with van der Waals surface area (Å²) >= 11 is 0.811. The summed E-state index contributed by atoms with van der Waals surface area (Å²) < 4.78 is 156. The molecule has 0 radical (unpaired) electrons. The second-order valence-electron chi connectivity index (χ2n) is 9.64. The molecule has 0 spiro atoms. The summed E-state index contributed by atoms with van der Waals surface area (Å²) in [5.41, 5.74) is -8.16. The van der Waals surface area contributed by atoms with E-state index in [4.69, 9.17) is 27.1 Å². The van der Waals surface area contributed by atoms with Gasteiger partial charge < -0.3 is 13.9 Å². The minimum atomic E-state index is -3.60. The van der Waals surface area contributed by atoms with Crippen LogP contribution in [0.3, 0.4) is 0 Å². The Labute approximate surface area is 226 Å². The standard InChI is InChI=1S/C29H28BNO2S/c1-27(2)20-12-9-11-19-24(20)31(25-18-10-7-8-13-23(18)34-26(19)25)22-15-14-17(16-21(22)27)30-32-28(3,4)29(5,6)33-30/h7-16H,1-6H3/i1D3,2D3,7D,8D,9D,10D,11D,12D,13D,14D,15D,16D.